The first kappa shape index (κ1) is 12.3. The van der Waals surface area contributed by atoms with Gasteiger partial charge in [0, 0.05) is 11.0 Å². The number of benzene rings is 1. The molecule has 2 rings (SSSR count). The number of phenolic OH excluding ortho intramolecular Hbond substituents is 2. The Hall–Kier alpha value is -1.18. The molecule has 1 aromatic carbocycles. The fourth-order valence-corrected chi connectivity index (χ4v) is 3.12. The molecule has 0 aliphatic heterocycles. The minimum Gasteiger partial charge on any atom is -0.504 e. The van der Waals surface area contributed by atoms with Gasteiger partial charge in [0.05, 0.1) is 0 Å². The molecule has 1 aliphatic carbocycles. The topological polar surface area (TPSA) is 40.5 Å². The molecular formula is C15H22O2. The number of rotatable bonds is 1. The maximum Gasteiger partial charge on any atom is 0.161 e. The summed E-state index contributed by atoms with van der Waals surface area (Å²) in [5.41, 5.74) is 1.72. The summed E-state index contributed by atoms with van der Waals surface area (Å²) in [5, 5.41) is 20.1. The zero-order valence-corrected chi connectivity index (χ0v) is 11.2. The van der Waals surface area contributed by atoms with E-state index in [1.807, 2.05) is 12.1 Å². The lowest BCUT2D eigenvalue weighted by atomic mass is 9.65. The molecule has 1 fully saturated rings. The van der Waals surface area contributed by atoms with Gasteiger partial charge in [-0.2, -0.15) is 0 Å². The van der Waals surface area contributed by atoms with E-state index in [1.54, 1.807) is 6.92 Å². The van der Waals surface area contributed by atoms with E-state index in [1.165, 1.54) is 6.42 Å². The third kappa shape index (κ3) is 1.62. The van der Waals surface area contributed by atoms with Crippen LogP contribution in [0.4, 0.5) is 0 Å². The zero-order chi connectivity index (χ0) is 12.8. The molecule has 0 unspecified atom stereocenters. The van der Waals surface area contributed by atoms with Crippen LogP contribution in [0.1, 0.15) is 51.2 Å². The van der Waals surface area contributed by atoms with Gasteiger partial charge in [-0.3, -0.25) is 0 Å². The lowest BCUT2D eigenvalue weighted by Gasteiger charge is -2.39. The second-order valence-corrected chi connectivity index (χ2v) is 6.20. The molecule has 0 amide bonds. The van der Waals surface area contributed by atoms with Crippen LogP contribution in [0.3, 0.4) is 0 Å². The van der Waals surface area contributed by atoms with Crippen LogP contribution in [0.15, 0.2) is 12.1 Å². The van der Waals surface area contributed by atoms with E-state index < -0.39 is 0 Å². The molecule has 0 aromatic heterocycles. The van der Waals surface area contributed by atoms with Gasteiger partial charge in [0.25, 0.3) is 0 Å². The van der Waals surface area contributed by atoms with Crippen LogP contribution >= 0.6 is 0 Å². The Labute approximate surface area is 103 Å². The van der Waals surface area contributed by atoms with Crippen LogP contribution in [-0.4, -0.2) is 10.2 Å². The van der Waals surface area contributed by atoms with Gasteiger partial charge in [-0.25, -0.2) is 0 Å². The molecule has 1 saturated carbocycles. The highest BCUT2D eigenvalue weighted by molar-refractivity contribution is 5.53. The first-order valence-corrected chi connectivity index (χ1v) is 6.32. The molecule has 0 bridgehead atoms. The molecule has 2 N–H and O–H groups in total. The Morgan fingerprint density at radius 2 is 1.65 bits per heavy atom. The van der Waals surface area contributed by atoms with E-state index in [-0.39, 0.29) is 22.3 Å². The molecule has 0 spiro atoms. The van der Waals surface area contributed by atoms with Crippen LogP contribution in [0.2, 0.25) is 0 Å². The van der Waals surface area contributed by atoms with E-state index in [4.69, 9.17) is 0 Å². The fraction of sp³-hybridized carbons (Fsp3) is 0.600. The van der Waals surface area contributed by atoms with Gasteiger partial charge in [0.2, 0.25) is 0 Å². The Morgan fingerprint density at radius 3 is 2.18 bits per heavy atom. The molecule has 0 saturated heterocycles. The summed E-state index contributed by atoms with van der Waals surface area (Å²) in [6, 6.07) is 3.86. The molecule has 94 valence electrons. The van der Waals surface area contributed by atoms with Crippen molar-refractivity contribution in [2.75, 3.05) is 0 Å². The van der Waals surface area contributed by atoms with Gasteiger partial charge in [-0.05, 0) is 30.7 Å². The Bertz CT molecular complexity index is 448. The first-order chi connectivity index (χ1) is 7.79. The number of aryl methyl sites for hydroxylation is 1. The Kier molecular flexibility index (Phi) is 2.64. The smallest absolute Gasteiger partial charge is 0.161 e. The van der Waals surface area contributed by atoms with Crippen molar-refractivity contribution in [1.82, 2.24) is 0 Å². The third-order valence-electron chi connectivity index (χ3n) is 4.92. The number of hydrogen-bond donors (Lipinski definition) is 2. The standard InChI is InChI=1S/C15H22O2/c1-10-6-7-11(13(17)12(10)16)15(4)9-5-8-14(15,2)3/h6-7,16-17H,5,8-9H2,1-4H3/t15-/m1/s1. The Morgan fingerprint density at radius 1 is 1.00 bits per heavy atom. The first-order valence-electron chi connectivity index (χ1n) is 6.32. The lowest BCUT2D eigenvalue weighted by Crippen LogP contribution is -2.34. The SMILES string of the molecule is Cc1ccc([C@@]2(C)CCCC2(C)C)c(O)c1O. The van der Waals surface area contributed by atoms with E-state index in [0.717, 1.165) is 24.0 Å². The van der Waals surface area contributed by atoms with Crippen molar-refractivity contribution >= 4 is 0 Å². The van der Waals surface area contributed by atoms with Crippen molar-refractivity contribution in [2.45, 2.75) is 52.4 Å². The maximum atomic E-state index is 10.2. The summed E-state index contributed by atoms with van der Waals surface area (Å²) < 4.78 is 0. The van der Waals surface area contributed by atoms with Crippen molar-refractivity contribution < 1.29 is 10.2 Å². The zero-order valence-electron chi connectivity index (χ0n) is 11.2. The minimum absolute atomic E-state index is 0.0337. The fourth-order valence-electron chi connectivity index (χ4n) is 3.12. The number of aromatic hydroxyl groups is 2. The summed E-state index contributed by atoms with van der Waals surface area (Å²) >= 11 is 0. The van der Waals surface area contributed by atoms with Crippen LogP contribution < -0.4 is 0 Å². The average molecular weight is 234 g/mol. The highest BCUT2D eigenvalue weighted by atomic mass is 16.3. The van der Waals surface area contributed by atoms with Crippen LogP contribution in [-0.2, 0) is 5.41 Å². The molecule has 17 heavy (non-hydrogen) atoms. The van der Waals surface area contributed by atoms with Gasteiger partial charge in [0.15, 0.2) is 11.5 Å². The summed E-state index contributed by atoms with van der Waals surface area (Å²) in [5.74, 6) is 0.105. The molecule has 1 aromatic rings. The van der Waals surface area contributed by atoms with E-state index in [2.05, 4.69) is 20.8 Å². The van der Waals surface area contributed by atoms with Crippen molar-refractivity contribution in [3.8, 4) is 11.5 Å². The Balaban J connectivity index is 2.58. The highest BCUT2D eigenvalue weighted by Gasteiger charge is 2.47. The van der Waals surface area contributed by atoms with Crippen LogP contribution in [0.25, 0.3) is 0 Å². The van der Waals surface area contributed by atoms with Crippen LogP contribution in [0, 0.1) is 12.3 Å². The monoisotopic (exact) mass is 234 g/mol. The normalized spacial score (nSPS) is 27.3. The van der Waals surface area contributed by atoms with Crippen molar-refractivity contribution in [2.24, 2.45) is 5.41 Å². The summed E-state index contributed by atoms with van der Waals surface area (Å²) in [6.07, 6.45) is 3.41. The average Bonchev–Trinajstić information content (AvgIpc) is 2.51. The van der Waals surface area contributed by atoms with E-state index in [0.29, 0.717) is 0 Å². The van der Waals surface area contributed by atoms with Crippen molar-refractivity contribution in [3.63, 3.8) is 0 Å². The molecule has 0 radical (unpaired) electrons. The van der Waals surface area contributed by atoms with E-state index in [9.17, 15) is 10.2 Å². The summed E-state index contributed by atoms with van der Waals surface area (Å²) in [4.78, 5) is 0. The predicted octanol–water partition coefficient (Wildman–Crippen LogP) is 3.87. The number of phenols is 2. The van der Waals surface area contributed by atoms with E-state index >= 15 is 0 Å². The molecule has 2 nitrogen and oxygen atoms in total. The highest BCUT2D eigenvalue weighted by Crippen LogP contribution is 2.56. The predicted molar refractivity (Wildman–Crippen MR) is 69.5 cm³/mol. The van der Waals surface area contributed by atoms with Gasteiger partial charge in [-0.15, -0.1) is 0 Å². The van der Waals surface area contributed by atoms with Gasteiger partial charge < -0.3 is 10.2 Å². The molecule has 1 aliphatic rings. The molecular weight excluding hydrogens is 212 g/mol. The maximum absolute atomic E-state index is 10.2. The second kappa shape index (κ2) is 3.66. The quantitative estimate of drug-likeness (QED) is 0.724. The van der Waals surface area contributed by atoms with Crippen molar-refractivity contribution in [1.29, 1.82) is 0 Å². The summed E-state index contributed by atoms with van der Waals surface area (Å²) in [6.45, 7) is 8.50. The second-order valence-electron chi connectivity index (χ2n) is 6.20. The number of hydrogen-bond acceptors (Lipinski definition) is 2. The lowest BCUT2D eigenvalue weighted by molar-refractivity contribution is 0.217. The van der Waals surface area contributed by atoms with Gasteiger partial charge in [0.1, 0.15) is 0 Å². The van der Waals surface area contributed by atoms with Crippen LogP contribution in [0.5, 0.6) is 11.5 Å². The van der Waals surface area contributed by atoms with Gasteiger partial charge >= 0.3 is 0 Å². The third-order valence-corrected chi connectivity index (χ3v) is 4.92. The molecule has 2 heteroatoms. The van der Waals surface area contributed by atoms with Crippen molar-refractivity contribution in [3.05, 3.63) is 23.3 Å². The molecule has 1 atom stereocenters. The van der Waals surface area contributed by atoms with Gasteiger partial charge in [-0.1, -0.05) is 39.3 Å². The summed E-state index contributed by atoms with van der Waals surface area (Å²) in [7, 11) is 0. The molecule has 0 heterocycles. The largest absolute Gasteiger partial charge is 0.504 e. The minimum atomic E-state index is -0.0533.